The number of hydrogen-bond donors (Lipinski definition) is 2. The number of hydrogen-bond acceptors (Lipinski definition) is 3. The normalized spacial score (nSPS) is 11.2. The molecule has 0 spiro atoms. The van der Waals surface area contributed by atoms with E-state index in [1.807, 2.05) is 24.3 Å². The van der Waals surface area contributed by atoms with Gasteiger partial charge in [-0.05, 0) is 61.4 Å². The number of unbranched alkanes of at least 4 members (excludes halogenated alkanes) is 30. The molecule has 2 rings (SSSR count). The molecule has 0 aliphatic rings. The molecule has 0 saturated carbocycles. The molecule has 55 heavy (non-hydrogen) atoms. The van der Waals surface area contributed by atoms with Crippen molar-refractivity contribution in [1.29, 1.82) is 0 Å². The van der Waals surface area contributed by atoms with Gasteiger partial charge in [-0.1, -0.05) is 206 Å². The lowest BCUT2D eigenvalue weighted by molar-refractivity contribution is 0.0944. The summed E-state index contributed by atoms with van der Waals surface area (Å²) >= 11 is 0. The van der Waals surface area contributed by atoms with Crippen molar-refractivity contribution < 1.29 is 14.3 Å². The molecule has 0 aromatic heterocycles. The highest BCUT2D eigenvalue weighted by Crippen LogP contribution is 2.23. The molecule has 0 bridgehead atoms. The van der Waals surface area contributed by atoms with Gasteiger partial charge in [-0.2, -0.15) is 0 Å². The Labute approximate surface area is 339 Å². The van der Waals surface area contributed by atoms with Crippen molar-refractivity contribution >= 4 is 11.8 Å². The highest BCUT2D eigenvalue weighted by Gasteiger charge is 2.08. The molecule has 0 radical (unpaired) electrons. The van der Waals surface area contributed by atoms with Crippen LogP contribution in [0.3, 0.4) is 0 Å². The Hall–Kier alpha value is -2.82. The van der Waals surface area contributed by atoms with E-state index in [9.17, 15) is 9.59 Å². The van der Waals surface area contributed by atoms with Crippen LogP contribution in [0.1, 0.15) is 240 Å². The molecule has 0 heterocycles. The summed E-state index contributed by atoms with van der Waals surface area (Å²) in [5.74, 6) is 1.25. The van der Waals surface area contributed by atoms with Crippen molar-refractivity contribution in [3.8, 4) is 11.5 Å². The van der Waals surface area contributed by atoms with Crippen molar-refractivity contribution in [2.75, 3.05) is 13.1 Å². The minimum Gasteiger partial charge on any atom is -0.457 e. The highest BCUT2D eigenvalue weighted by atomic mass is 16.5. The Morgan fingerprint density at radius 1 is 0.345 bits per heavy atom. The zero-order chi connectivity index (χ0) is 39.3. The fraction of sp³-hybridized carbons (Fsp3) is 0.720. The molecule has 0 aliphatic heterocycles. The highest BCUT2D eigenvalue weighted by molar-refractivity contribution is 5.94. The summed E-state index contributed by atoms with van der Waals surface area (Å²) in [5, 5.41) is 6.12. The number of carbonyl (C=O) groups excluding carboxylic acids is 2. The average Bonchev–Trinajstić information content (AvgIpc) is 3.20. The molecular weight excluding hydrogens is 677 g/mol. The summed E-state index contributed by atoms with van der Waals surface area (Å²) in [6, 6.07) is 14.5. The van der Waals surface area contributed by atoms with E-state index in [0.29, 0.717) is 22.6 Å². The van der Waals surface area contributed by atoms with Gasteiger partial charge in [-0.15, -0.1) is 0 Å². The first-order valence-electron chi connectivity index (χ1n) is 23.6. The average molecular weight is 761 g/mol. The minimum atomic E-state index is -0.0394. The molecule has 5 heteroatoms. The van der Waals surface area contributed by atoms with Gasteiger partial charge < -0.3 is 15.4 Å². The molecule has 2 N–H and O–H groups in total. The standard InChI is InChI=1S/C50H84N2O3/c1-3-5-7-9-11-13-15-17-19-21-23-25-27-29-31-33-43-51-49(53)45-35-39-47(40-36-45)55-48-41-37-46(38-42-48)50(54)52-44-34-32-30-28-26-24-22-20-18-16-14-12-10-8-6-4-2/h35-42H,3-34,43-44H2,1-2H3,(H,51,53)(H,52,54). The molecule has 2 amide bonds. The van der Waals surface area contributed by atoms with Gasteiger partial charge in [0.1, 0.15) is 11.5 Å². The van der Waals surface area contributed by atoms with Gasteiger partial charge in [0.15, 0.2) is 0 Å². The molecule has 0 atom stereocenters. The maximum Gasteiger partial charge on any atom is 0.251 e. The molecule has 0 unspecified atom stereocenters. The zero-order valence-corrected chi connectivity index (χ0v) is 35.9. The van der Waals surface area contributed by atoms with E-state index in [2.05, 4.69) is 24.5 Å². The lowest BCUT2D eigenvalue weighted by atomic mass is 10.0. The smallest absolute Gasteiger partial charge is 0.251 e. The third-order valence-electron chi connectivity index (χ3n) is 11.1. The van der Waals surface area contributed by atoms with Crippen molar-refractivity contribution in [3.63, 3.8) is 0 Å². The van der Waals surface area contributed by atoms with E-state index in [0.717, 1.165) is 25.9 Å². The van der Waals surface area contributed by atoms with Crippen molar-refractivity contribution in [2.24, 2.45) is 0 Å². The first-order chi connectivity index (χ1) is 27.1. The quantitative estimate of drug-likeness (QED) is 0.0670. The van der Waals surface area contributed by atoms with Crippen molar-refractivity contribution in [3.05, 3.63) is 59.7 Å². The van der Waals surface area contributed by atoms with Gasteiger partial charge in [-0.25, -0.2) is 0 Å². The predicted octanol–water partition coefficient (Wildman–Crippen LogP) is 15.5. The number of benzene rings is 2. The summed E-state index contributed by atoms with van der Waals surface area (Å²) in [6.07, 6.45) is 43.1. The zero-order valence-electron chi connectivity index (χ0n) is 35.9. The summed E-state index contributed by atoms with van der Waals surface area (Å²) in [4.78, 5) is 25.2. The number of carbonyl (C=O) groups is 2. The van der Waals surface area contributed by atoms with E-state index >= 15 is 0 Å². The number of nitrogens with one attached hydrogen (secondary N) is 2. The predicted molar refractivity (Wildman–Crippen MR) is 237 cm³/mol. The number of amides is 2. The van der Waals surface area contributed by atoms with Crippen LogP contribution in [-0.2, 0) is 0 Å². The summed E-state index contributed by atoms with van der Waals surface area (Å²) in [5.41, 5.74) is 1.28. The van der Waals surface area contributed by atoms with Crippen LogP contribution in [-0.4, -0.2) is 24.9 Å². The minimum absolute atomic E-state index is 0.0394. The van der Waals surface area contributed by atoms with E-state index in [1.165, 1.54) is 193 Å². The van der Waals surface area contributed by atoms with Crippen LogP contribution in [0.25, 0.3) is 0 Å². The Kier molecular flexibility index (Phi) is 31.3. The second-order valence-electron chi connectivity index (χ2n) is 16.3. The molecular formula is C50H84N2O3. The third-order valence-corrected chi connectivity index (χ3v) is 11.1. The van der Waals surface area contributed by atoms with E-state index in [-0.39, 0.29) is 11.8 Å². The van der Waals surface area contributed by atoms with Gasteiger partial charge in [0.2, 0.25) is 0 Å². The molecule has 0 aliphatic carbocycles. The fourth-order valence-corrected chi connectivity index (χ4v) is 7.44. The Bertz CT molecular complexity index is 1070. The van der Waals surface area contributed by atoms with Gasteiger partial charge in [0, 0.05) is 24.2 Å². The summed E-state index contributed by atoms with van der Waals surface area (Å²) in [7, 11) is 0. The van der Waals surface area contributed by atoms with E-state index in [4.69, 9.17) is 4.74 Å². The lowest BCUT2D eigenvalue weighted by Crippen LogP contribution is -2.24. The summed E-state index contributed by atoms with van der Waals surface area (Å²) < 4.78 is 5.98. The van der Waals surface area contributed by atoms with Crippen LogP contribution < -0.4 is 15.4 Å². The van der Waals surface area contributed by atoms with Crippen LogP contribution in [0.4, 0.5) is 0 Å². The maximum absolute atomic E-state index is 12.6. The molecule has 0 saturated heterocycles. The molecule has 312 valence electrons. The Morgan fingerprint density at radius 3 is 0.800 bits per heavy atom. The van der Waals surface area contributed by atoms with Gasteiger partial charge >= 0.3 is 0 Å². The Balaban J connectivity index is 1.43. The first kappa shape index (κ1) is 48.3. The first-order valence-corrected chi connectivity index (χ1v) is 23.6. The van der Waals surface area contributed by atoms with Crippen LogP contribution >= 0.6 is 0 Å². The molecule has 0 fully saturated rings. The van der Waals surface area contributed by atoms with Crippen LogP contribution in [0.15, 0.2) is 48.5 Å². The number of ether oxygens (including phenoxy) is 1. The third kappa shape index (κ3) is 27.4. The van der Waals surface area contributed by atoms with Crippen LogP contribution in [0.5, 0.6) is 11.5 Å². The second kappa shape index (κ2) is 35.6. The van der Waals surface area contributed by atoms with Gasteiger partial charge in [-0.3, -0.25) is 9.59 Å². The molecule has 2 aromatic carbocycles. The van der Waals surface area contributed by atoms with Crippen molar-refractivity contribution in [2.45, 2.75) is 219 Å². The largest absolute Gasteiger partial charge is 0.457 e. The topological polar surface area (TPSA) is 67.4 Å². The van der Waals surface area contributed by atoms with Crippen molar-refractivity contribution in [1.82, 2.24) is 10.6 Å². The second-order valence-corrected chi connectivity index (χ2v) is 16.3. The number of rotatable bonds is 38. The van der Waals surface area contributed by atoms with Gasteiger partial charge in [0.05, 0.1) is 0 Å². The molecule has 5 nitrogen and oxygen atoms in total. The monoisotopic (exact) mass is 761 g/mol. The van der Waals surface area contributed by atoms with E-state index in [1.54, 1.807) is 24.3 Å². The lowest BCUT2D eigenvalue weighted by Gasteiger charge is -2.09. The Morgan fingerprint density at radius 2 is 0.564 bits per heavy atom. The van der Waals surface area contributed by atoms with Crippen LogP contribution in [0.2, 0.25) is 0 Å². The van der Waals surface area contributed by atoms with E-state index < -0.39 is 0 Å². The summed E-state index contributed by atoms with van der Waals surface area (Å²) in [6.45, 7) is 6.00. The molecule has 2 aromatic rings. The fourth-order valence-electron chi connectivity index (χ4n) is 7.44. The van der Waals surface area contributed by atoms with Gasteiger partial charge in [0.25, 0.3) is 11.8 Å². The SMILES string of the molecule is CCCCCCCCCCCCCCCCCCNC(=O)c1ccc(Oc2ccc(C(=O)NCCCCCCCCCCCCCCCCCC)cc2)cc1. The van der Waals surface area contributed by atoms with Crippen LogP contribution in [0, 0.1) is 0 Å². The maximum atomic E-state index is 12.6.